The summed E-state index contributed by atoms with van der Waals surface area (Å²) >= 11 is 0. The first kappa shape index (κ1) is 22.3. The van der Waals surface area contributed by atoms with E-state index in [2.05, 4.69) is 0 Å². The van der Waals surface area contributed by atoms with Crippen molar-refractivity contribution in [2.24, 2.45) is 5.92 Å². The van der Waals surface area contributed by atoms with Crippen LogP contribution in [0.4, 0.5) is 4.39 Å². The number of para-hydroxylation sites is 1. The quantitative estimate of drug-likeness (QED) is 0.459. The molecule has 1 saturated heterocycles. The van der Waals surface area contributed by atoms with Crippen molar-refractivity contribution in [1.29, 1.82) is 0 Å². The number of carbonyl (C=O) groups excluding carboxylic acids is 1. The number of fused-ring (bicyclic) bond motifs is 1. The second-order valence-corrected chi connectivity index (χ2v) is 9.37. The van der Waals surface area contributed by atoms with Gasteiger partial charge in [-0.05, 0) is 37.1 Å². The Morgan fingerprint density at radius 3 is 2.50 bits per heavy atom. The lowest BCUT2D eigenvalue weighted by molar-refractivity contribution is -0.150. The van der Waals surface area contributed by atoms with Crippen molar-refractivity contribution < 1.29 is 36.6 Å². The normalized spacial score (nSPS) is 17.0. The number of nitrogens with zero attached hydrogens (tertiary/aromatic N) is 1. The first-order valence-corrected chi connectivity index (χ1v) is 11.8. The zero-order valence-electron chi connectivity index (χ0n) is 17.4. The van der Waals surface area contributed by atoms with Gasteiger partial charge >= 0.3 is 5.97 Å². The lowest BCUT2D eigenvalue weighted by atomic mass is 9.98. The van der Waals surface area contributed by atoms with E-state index in [4.69, 9.17) is 18.9 Å². The molecule has 0 saturated carbocycles. The van der Waals surface area contributed by atoms with Gasteiger partial charge in [-0.3, -0.25) is 4.79 Å². The van der Waals surface area contributed by atoms with Gasteiger partial charge < -0.3 is 18.9 Å². The van der Waals surface area contributed by atoms with Crippen LogP contribution in [0.25, 0.3) is 0 Å². The van der Waals surface area contributed by atoms with Crippen LogP contribution in [0.15, 0.2) is 47.4 Å². The number of carbonyl (C=O) groups is 1. The summed E-state index contributed by atoms with van der Waals surface area (Å²) in [7, 11) is -3.71. The van der Waals surface area contributed by atoms with Gasteiger partial charge in [0.1, 0.15) is 26.4 Å². The average Bonchev–Trinajstić information content (AvgIpc) is 2.82. The molecule has 2 aliphatic heterocycles. The van der Waals surface area contributed by atoms with Gasteiger partial charge in [0.2, 0.25) is 10.0 Å². The fourth-order valence-corrected chi connectivity index (χ4v) is 5.12. The molecule has 0 unspecified atom stereocenters. The van der Waals surface area contributed by atoms with E-state index in [0.717, 1.165) is 0 Å². The monoisotopic (exact) mass is 465 g/mol. The highest BCUT2D eigenvalue weighted by Gasteiger charge is 2.33. The van der Waals surface area contributed by atoms with E-state index < -0.39 is 27.7 Å². The van der Waals surface area contributed by atoms with Crippen molar-refractivity contribution >= 4 is 16.0 Å². The number of hydrogen-bond donors (Lipinski definition) is 0. The molecule has 2 aromatic rings. The lowest BCUT2D eigenvalue weighted by Crippen LogP contribution is -2.40. The van der Waals surface area contributed by atoms with E-state index >= 15 is 0 Å². The molecule has 0 atom stereocenters. The number of benzene rings is 2. The minimum Gasteiger partial charge on any atom is -0.487 e. The van der Waals surface area contributed by atoms with E-state index in [9.17, 15) is 17.6 Å². The maximum atomic E-state index is 13.5. The van der Waals surface area contributed by atoms with Crippen LogP contribution in [0.1, 0.15) is 12.8 Å². The maximum Gasteiger partial charge on any atom is 0.309 e. The molecule has 0 bridgehead atoms. The Morgan fingerprint density at radius 1 is 1.03 bits per heavy atom. The highest BCUT2D eigenvalue weighted by Crippen LogP contribution is 2.34. The highest BCUT2D eigenvalue weighted by atomic mass is 32.2. The Bertz CT molecular complexity index is 1070. The molecule has 2 aliphatic rings. The summed E-state index contributed by atoms with van der Waals surface area (Å²) in [5.41, 5.74) is 0. The molecule has 2 heterocycles. The molecule has 2 aromatic carbocycles. The van der Waals surface area contributed by atoms with Crippen LogP contribution < -0.4 is 14.2 Å². The topological polar surface area (TPSA) is 91.4 Å². The molecule has 172 valence electrons. The molecule has 0 amide bonds. The van der Waals surface area contributed by atoms with Crippen LogP contribution in [-0.2, 0) is 19.6 Å². The molecule has 0 spiro atoms. The van der Waals surface area contributed by atoms with E-state index in [0.29, 0.717) is 37.6 Å². The molecule has 0 radical (unpaired) electrons. The number of piperidine rings is 1. The predicted octanol–water partition coefficient (Wildman–Crippen LogP) is 2.62. The summed E-state index contributed by atoms with van der Waals surface area (Å²) in [6.07, 6.45) is 0.716. The van der Waals surface area contributed by atoms with E-state index in [-0.39, 0.29) is 36.9 Å². The molecule has 0 aliphatic carbocycles. The summed E-state index contributed by atoms with van der Waals surface area (Å²) in [6.45, 7) is 1.24. The Labute approximate surface area is 185 Å². The Hall–Kier alpha value is -2.85. The third-order valence-corrected chi connectivity index (χ3v) is 7.26. The fourth-order valence-electron chi connectivity index (χ4n) is 3.64. The zero-order valence-corrected chi connectivity index (χ0v) is 18.2. The minimum atomic E-state index is -3.71. The second-order valence-electron chi connectivity index (χ2n) is 7.43. The van der Waals surface area contributed by atoms with Crippen molar-refractivity contribution in [1.82, 2.24) is 4.31 Å². The van der Waals surface area contributed by atoms with Crippen molar-refractivity contribution in [3.63, 3.8) is 0 Å². The van der Waals surface area contributed by atoms with Crippen LogP contribution in [0.2, 0.25) is 0 Å². The molecule has 10 heteroatoms. The van der Waals surface area contributed by atoms with Gasteiger partial charge in [-0.1, -0.05) is 12.1 Å². The largest absolute Gasteiger partial charge is 0.487 e. The number of sulfonamides is 1. The smallest absolute Gasteiger partial charge is 0.309 e. The van der Waals surface area contributed by atoms with E-state index in [1.807, 2.05) is 0 Å². The standard InChI is InChI=1S/C22H24FNO7S/c23-18-3-1-2-4-19(18)28-13-14-31-22(25)16-7-9-24(10-8-16)32(26,27)17-5-6-20-21(15-17)30-12-11-29-20/h1-6,15-16H,7-14H2. The van der Waals surface area contributed by atoms with Crippen molar-refractivity contribution in [3.8, 4) is 17.2 Å². The van der Waals surface area contributed by atoms with Gasteiger partial charge in [0.05, 0.1) is 10.8 Å². The van der Waals surface area contributed by atoms with Crippen LogP contribution >= 0.6 is 0 Å². The van der Waals surface area contributed by atoms with Crippen molar-refractivity contribution in [2.75, 3.05) is 39.5 Å². The molecule has 0 aromatic heterocycles. The predicted molar refractivity (Wildman–Crippen MR) is 112 cm³/mol. The SMILES string of the molecule is O=C(OCCOc1ccccc1F)C1CCN(S(=O)(=O)c2ccc3c(c2)OCCO3)CC1. The first-order chi connectivity index (χ1) is 15.4. The molecule has 0 N–H and O–H groups in total. The van der Waals surface area contributed by atoms with Crippen LogP contribution in [0.3, 0.4) is 0 Å². The van der Waals surface area contributed by atoms with Gasteiger partial charge in [0, 0.05) is 19.2 Å². The van der Waals surface area contributed by atoms with E-state index in [1.54, 1.807) is 18.2 Å². The summed E-state index contributed by atoms with van der Waals surface area (Å²) in [6, 6.07) is 10.6. The molecule has 1 fully saturated rings. The van der Waals surface area contributed by atoms with Gasteiger partial charge in [-0.2, -0.15) is 4.31 Å². The summed E-state index contributed by atoms with van der Waals surface area (Å²) in [5.74, 6) is -0.246. The lowest BCUT2D eigenvalue weighted by Gasteiger charge is -2.30. The van der Waals surface area contributed by atoms with Crippen molar-refractivity contribution in [3.05, 3.63) is 48.3 Å². The molecule has 8 nitrogen and oxygen atoms in total. The maximum absolute atomic E-state index is 13.5. The number of hydrogen-bond acceptors (Lipinski definition) is 7. The second kappa shape index (κ2) is 9.74. The van der Waals surface area contributed by atoms with Gasteiger partial charge in [0.15, 0.2) is 23.1 Å². The summed E-state index contributed by atoms with van der Waals surface area (Å²) in [5, 5.41) is 0. The molecular formula is C22H24FNO7S. The molecular weight excluding hydrogens is 441 g/mol. The van der Waals surface area contributed by atoms with Crippen molar-refractivity contribution in [2.45, 2.75) is 17.7 Å². The Morgan fingerprint density at radius 2 is 1.75 bits per heavy atom. The zero-order chi connectivity index (χ0) is 22.6. The third-order valence-electron chi connectivity index (χ3n) is 5.36. The number of ether oxygens (including phenoxy) is 4. The van der Waals surface area contributed by atoms with Crippen LogP contribution in [0, 0.1) is 11.7 Å². The highest BCUT2D eigenvalue weighted by molar-refractivity contribution is 7.89. The van der Waals surface area contributed by atoms with Crippen LogP contribution in [0.5, 0.6) is 17.2 Å². The van der Waals surface area contributed by atoms with E-state index in [1.165, 1.54) is 28.6 Å². The molecule has 4 rings (SSSR count). The number of halogens is 1. The van der Waals surface area contributed by atoms with Gasteiger partial charge in [-0.15, -0.1) is 0 Å². The number of rotatable bonds is 7. The van der Waals surface area contributed by atoms with Gasteiger partial charge in [0.25, 0.3) is 0 Å². The first-order valence-electron chi connectivity index (χ1n) is 10.4. The van der Waals surface area contributed by atoms with Crippen LogP contribution in [-0.4, -0.2) is 58.2 Å². The Kier molecular flexibility index (Phi) is 6.80. The molecule has 32 heavy (non-hydrogen) atoms. The summed E-state index contributed by atoms with van der Waals surface area (Å²) < 4.78 is 62.3. The Balaban J connectivity index is 1.26. The number of esters is 1. The average molecular weight is 465 g/mol. The minimum absolute atomic E-state index is 0.0110. The summed E-state index contributed by atoms with van der Waals surface area (Å²) in [4.78, 5) is 12.4. The van der Waals surface area contributed by atoms with Gasteiger partial charge in [-0.25, -0.2) is 12.8 Å². The fraction of sp³-hybridized carbons (Fsp3) is 0.409. The third kappa shape index (κ3) is 4.97.